The first-order valence-electron chi connectivity index (χ1n) is 5.94. The summed E-state index contributed by atoms with van der Waals surface area (Å²) >= 11 is 0. The van der Waals surface area contributed by atoms with Crippen molar-refractivity contribution in [3.8, 4) is 0 Å². The standard InChI is InChI=1S/C11H24N4/c1-3-14-9(2)4-7-15-11-5-6-13-8-10(11)12/h6,9-11,14-15H,3-5,7-8,12H2,1-2H3. The molecule has 1 heterocycles. The van der Waals surface area contributed by atoms with Crippen molar-refractivity contribution in [1.82, 2.24) is 10.6 Å². The summed E-state index contributed by atoms with van der Waals surface area (Å²) in [4.78, 5) is 4.18. The highest BCUT2D eigenvalue weighted by atomic mass is 15.0. The Bertz CT molecular complexity index is 193. The summed E-state index contributed by atoms with van der Waals surface area (Å²) in [5, 5.41) is 6.90. The van der Waals surface area contributed by atoms with Gasteiger partial charge in [-0.25, -0.2) is 0 Å². The minimum atomic E-state index is 0.185. The van der Waals surface area contributed by atoms with Crippen LogP contribution >= 0.6 is 0 Å². The zero-order valence-electron chi connectivity index (χ0n) is 9.87. The molecule has 0 saturated carbocycles. The topological polar surface area (TPSA) is 62.4 Å². The predicted octanol–water partition coefficient (Wildman–Crippen LogP) is 0.135. The van der Waals surface area contributed by atoms with Crippen LogP contribution < -0.4 is 16.4 Å². The van der Waals surface area contributed by atoms with E-state index in [1.165, 1.54) is 0 Å². The average Bonchev–Trinajstić information content (AvgIpc) is 2.21. The molecule has 1 aliphatic heterocycles. The number of hydrogen-bond donors (Lipinski definition) is 3. The van der Waals surface area contributed by atoms with E-state index in [1.807, 2.05) is 6.21 Å². The summed E-state index contributed by atoms with van der Waals surface area (Å²) in [6.07, 6.45) is 4.10. The fourth-order valence-corrected chi connectivity index (χ4v) is 1.86. The van der Waals surface area contributed by atoms with Gasteiger partial charge in [0.05, 0.1) is 6.54 Å². The van der Waals surface area contributed by atoms with Crippen molar-refractivity contribution in [2.75, 3.05) is 19.6 Å². The molecule has 3 atom stereocenters. The minimum absolute atomic E-state index is 0.185. The lowest BCUT2D eigenvalue weighted by molar-refractivity contribution is 0.411. The highest BCUT2D eigenvalue weighted by molar-refractivity contribution is 5.59. The first-order chi connectivity index (χ1) is 7.24. The molecule has 15 heavy (non-hydrogen) atoms. The Balaban J connectivity index is 2.11. The lowest BCUT2D eigenvalue weighted by Gasteiger charge is -2.26. The molecule has 0 aromatic rings. The molecule has 88 valence electrons. The molecule has 0 amide bonds. The van der Waals surface area contributed by atoms with E-state index < -0.39 is 0 Å². The van der Waals surface area contributed by atoms with Crippen LogP contribution in [0.4, 0.5) is 0 Å². The molecule has 0 saturated heterocycles. The maximum absolute atomic E-state index is 5.96. The quantitative estimate of drug-likeness (QED) is 0.586. The second kappa shape index (κ2) is 6.93. The monoisotopic (exact) mass is 212 g/mol. The summed E-state index contributed by atoms with van der Waals surface area (Å²) in [5.74, 6) is 0. The zero-order valence-corrected chi connectivity index (χ0v) is 9.87. The lowest BCUT2D eigenvalue weighted by atomic mass is 10.0. The summed E-state index contributed by atoms with van der Waals surface area (Å²) in [6, 6.07) is 1.18. The molecule has 0 aliphatic carbocycles. The zero-order chi connectivity index (χ0) is 11.1. The number of nitrogens with two attached hydrogens (primary N) is 1. The van der Waals surface area contributed by atoms with E-state index in [9.17, 15) is 0 Å². The molecule has 1 aliphatic rings. The van der Waals surface area contributed by atoms with Crippen LogP contribution in [0, 0.1) is 0 Å². The number of hydrogen-bond acceptors (Lipinski definition) is 4. The largest absolute Gasteiger partial charge is 0.325 e. The Morgan fingerprint density at radius 3 is 3.07 bits per heavy atom. The Hall–Kier alpha value is -0.450. The molecule has 4 N–H and O–H groups in total. The molecule has 4 nitrogen and oxygen atoms in total. The van der Waals surface area contributed by atoms with Gasteiger partial charge in [0.15, 0.2) is 0 Å². The fourth-order valence-electron chi connectivity index (χ4n) is 1.86. The Morgan fingerprint density at radius 1 is 1.60 bits per heavy atom. The van der Waals surface area contributed by atoms with Crippen molar-refractivity contribution in [1.29, 1.82) is 0 Å². The van der Waals surface area contributed by atoms with Gasteiger partial charge in [-0.1, -0.05) is 6.92 Å². The Morgan fingerprint density at radius 2 is 2.40 bits per heavy atom. The van der Waals surface area contributed by atoms with E-state index in [4.69, 9.17) is 5.73 Å². The van der Waals surface area contributed by atoms with Crippen molar-refractivity contribution in [3.63, 3.8) is 0 Å². The third-order valence-electron chi connectivity index (χ3n) is 2.86. The SMILES string of the molecule is CCNC(C)CCNC1CC=NCC1N. The van der Waals surface area contributed by atoms with Crippen LogP contribution in [-0.4, -0.2) is 44.0 Å². The van der Waals surface area contributed by atoms with Crippen molar-refractivity contribution >= 4 is 6.21 Å². The average molecular weight is 212 g/mol. The van der Waals surface area contributed by atoms with Gasteiger partial charge in [-0.3, -0.25) is 4.99 Å². The van der Waals surface area contributed by atoms with Crippen LogP contribution in [0.3, 0.4) is 0 Å². The molecule has 0 fully saturated rings. The second-order valence-corrected chi connectivity index (χ2v) is 4.26. The smallest absolute Gasteiger partial charge is 0.0552 e. The van der Waals surface area contributed by atoms with Crippen molar-refractivity contribution in [3.05, 3.63) is 0 Å². The van der Waals surface area contributed by atoms with Crippen molar-refractivity contribution in [2.24, 2.45) is 10.7 Å². The highest BCUT2D eigenvalue weighted by Gasteiger charge is 2.18. The highest BCUT2D eigenvalue weighted by Crippen LogP contribution is 2.02. The first kappa shape index (κ1) is 12.6. The van der Waals surface area contributed by atoms with Gasteiger partial charge in [-0.05, 0) is 32.9 Å². The summed E-state index contributed by atoms with van der Waals surface area (Å²) in [5.41, 5.74) is 5.96. The van der Waals surface area contributed by atoms with Gasteiger partial charge in [0.2, 0.25) is 0 Å². The molecule has 0 radical (unpaired) electrons. The first-order valence-corrected chi connectivity index (χ1v) is 5.94. The number of aliphatic imine (C=N–C) groups is 1. The fraction of sp³-hybridized carbons (Fsp3) is 0.909. The summed E-state index contributed by atoms with van der Waals surface area (Å²) in [7, 11) is 0. The van der Waals surface area contributed by atoms with Crippen LogP contribution in [0.15, 0.2) is 4.99 Å². The molecular weight excluding hydrogens is 188 g/mol. The van der Waals surface area contributed by atoms with Crippen LogP contribution in [0.1, 0.15) is 26.7 Å². The summed E-state index contributed by atoms with van der Waals surface area (Å²) < 4.78 is 0. The lowest BCUT2D eigenvalue weighted by Crippen LogP contribution is -2.49. The van der Waals surface area contributed by atoms with Crippen LogP contribution in [0.25, 0.3) is 0 Å². The molecule has 0 aromatic heterocycles. The predicted molar refractivity (Wildman–Crippen MR) is 65.5 cm³/mol. The Labute approximate surface area is 92.7 Å². The van der Waals surface area contributed by atoms with Gasteiger partial charge in [-0.2, -0.15) is 0 Å². The van der Waals surface area contributed by atoms with E-state index >= 15 is 0 Å². The summed E-state index contributed by atoms with van der Waals surface area (Å²) in [6.45, 7) is 7.18. The maximum atomic E-state index is 5.96. The van der Waals surface area contributed by atoms with E-state index in [2.05, 4.69) is 29.5 Å². The normalized spacial score (nSPS) is 27.9. The van der Waals surface area contributed by atoms with Gasteiger partial charge >= 0.3 is 0 Å². The minimum Gasteiger partial charge on any atom is -0.325 e. The molecule has 4 heteroatoms. The molecule has 3 unspecified atom stereocenters. The second-order valence-electron chi connectivity index (χ2n) is 4.26. The van der Waals surface area contributed by atoms with Gasteiger partial charge < -0.3 is 16.4 Å². The molecule has 0 bridgehead atoms. The van der Waals surface area contributed by atoms with Crippen LogP contribution in [0.5, 0.6) is 0 Å². The third-order valence-corrected chi connectivity index (χ3v) is 2.86. The van der Waals surface area contributed by atoms with Gasteiger partial charge in [0.1, 0.15) is 0 Å². The van der Waals surface area contributed by atoms with Gasteiger partial charge in [-0.15, -0.1) is 0 Å². The van der Waals surface area contributed by atoms with Crippen LogP contribution in [0.2, 0.25) is 0 Å². The Kier molecular flexibility index (Phi) is 5.83. The molecular formula is C11H24N4. The van der Waals surface area contributed by atoms with Gasteiger partial charge in [0, 0.05) is 24.3 Å². The van der Waals surface area contributed by atoms with Crippen molar-refractivity contribution < 1.29 is 0 Å². The molecule has 0 aromatic carbocycles. The number of nitrogens with zero attached hydrogens (tertiary/aromatic N) is 1. The third kappa shape index (κ3) is 4.73. The van der Waals surface area contributed by atoms with E-state index in [-0.39, 0.29) is 6.04 Å². The van der Waals surface area contributed by atoms with E-state index in [0.717, 1.165) is 32.5 Å². The number of nitrogens with one attached hydrogen (secondary N) is 2. The van der Waals surface area contributed by atoms with E-state index in [0.29, 0.717) is 12.1 Å². The molecule has 0 spiro atoms. The maximum Gasteiger partial charge on any atom is 0.0552 e. The molecule has 1 rings (SSSR count). The van der Waals surface area contributed by atoms with E-state index in [1.54, 1.807) is 0 Å². The number of rotatable bonds is 6. The van der Waals surface area contributed by atoms with Crippen molar-refractivity contribution in [2.45, 2.75) is 44.8 Å². The van der Waals surface area contributed by atoms with Crippen LogP contribution in [-0.2, 0) is 0 Å². The van der Waals surface area contributed by atoms with Gasteiger partial charge in [0.25, 0.3) is 0 Å².